The zero-order valence-electron chi connectivity index (χ0n) is 16.8. The third-order valence-corrected chi connectivity index (χ3v) is 5.22. The minimum atomic E-state index is -0.578. The van der Waals surface area contributed by atoms with Crippen LogP contribution in [-0.4, -0.2) is 28.7 Å². The van der Waals surface area contributed by atoms with Crippen molar-refractivity contribution in [3.63, 3.8) is 0 Å². The van der Waals surface area contributed by atoms with Gasteiger partial charge in [0, 0.05) is 28.6 Å². The lowest BCUT2D eigenvalue weighted by atomic mass is 10.0. The van der Waals surface area contributed by atoms with Gasteiger partial charge in [0.1, 0.15) is 5.75 Å². The number of hydrogen-bond donors (Lipinski definition) is 3. The Labute approximate surface area is 178 Å². The summed E-state index contributed by atoms with van der Waals surface area (Å²) in [7, 11) is 1.59. The third kappa shape index (κ3) is 3.74. The lowest BCUT2D eigenvalue weighted by Gasteiger charge is -2.13. The smallest absolute Gasteiger partial charge is 0.274 e. The zero-order valence-corrected chi connectivity index (χ0v) is 16.8. The quantitative estimate of drug-likeness (QED) is 0.330. The number of ether oxygens (including phenoxy) is 1. The first kappa shape index (κ1) is 20.2. The molecule has 0 saturated carbocycles. The fourth-order valence-electron chi connectivity index (χ4n) is 3.80. The molecule has 1 heterocycles. The largest absolute Gasteiger partial charge is 0.497 e. The summed E-state index contributed by atoms with van der Waals surface area (Å²) in [6.07, 6.45) is 0. The highest BCUT2D eigenvalue weighted by atomic mass is 16.5. The Balaban J connectivity index is 1.91. The molecule has 0 radical (unpaired) electrons. The molecule has 0 spiro atoms. The first-order chi connectivity index (χ1) is 15.0. The van der Waals surface area contributed by atoms with Gasteiger partial charge in [-0.25, -0.2) is 5.48 Å². The van der Waals surface area contributed by atoms with E-state index in [0.29, 0.717) is 29.1 Å². The third-order valence-electron chi connectivity index (χ3n) is 5.22. The Morgan fingerprint density at radius 2 is 1.77 bits per heavy atom. The van der Waals surface area contributed by atoms with E-state index in [1.54, 1.807) is 36.9 Å². The second kappa shape index (κ2) is 8.33. The van der Waals surface area contributed by atoms with E-state index in [4.69, 9.17) is 15.7 Å². The van der Waals surface area contributed by atoms with Crippen molar-refractivity contribution in [3.8, 4) is 17.0 Å². The van der Waals surface area contributed by atoms with Crippen LogP contribution in [0.2, 0.25) is 0 Å². The van der Waals surface area contributed by atoms with Gasteiger partial charge in [0.15, 0.2) is 0 Å². The van der Waals surface area contributed by atoms with E-state index in [1.807, 2.05) is 53.1 Å². The summed E-state index contributed by atoms with van der Waals surface area (Å²) in [5.74, 6) is -0.419. The maximum atomic E-state index is 12.5. The van der Waals surface area contributed by atoms with Gasteiger partial charge >= 0.3 is 0 Å². The van der Waals surface area contributed by atoms with Crippen LogP contribution in [0.4, 0.5) is 0 Å². The van der Waals surface area contributed by atoms with Crippen LogP contribution in [0, 0.1) is 0 Å². The van der Waals surface area contributed by atoms with Crippen molar-refractivity contribution >= 4 is 22.7 Å². The number of nitrogens with zero attached hydrogens (tertiary/aromatic N) is 1. The Hall–Kier alpha value is -4.10. The summed E-state index contributed by atoms with van der Waals surface area (Å²) in [6.45, 7) is 0.446. The molecule has 2 amide bonds. The molecular weight excluding hydrogens is 394 g/mol. The predicted octanol–water partition coefficient (Wildman–Crippen LogP) is 3.58. The van der Waals surface area contributed by atoms with Crippen molar-refractivity contribution in [3.05, 3.63) is 89.5 Å². The molecule has 4 rings (SSSR count). The van der Waals surface area contributed by atoms with E-state index in [0.717, 1.165) is 22.0 Å². The summed E-state index contributed by atoms with van der Waals surface area (Å²) in [5.41, 5.74) is 11.5. The van der Waals surface area contributed by atoms with E-state index < -0.39 is 11.8 Å². The first-order valence-electron chi connectivity index (χ1n) is 9.62. The molecule has 1 aromatic heterocycles. The number of nitrogens with two attached hydrogens (primary N) is 1. The average Bonchev–Trinajstić information content (AvgIpc) is 3.13. The first-order valence-corrected chi connectivity index (χ1v) is 9.62. The van der Waals surface area contributed by atoms with Crippen LogP contribution in [0.5, 0.6) is 5.75 Å². The minimum absolute atomic E-state index is 0.342. The highest BCUT2D eigenvalue weighted by Gasteiger charge is 2.22. The number of amides is 2. The van der Waals surface area contributed by atoms with Gasteiger partial charge in [0.05, 0.1) is 18.4 Å². The Morgan fingerprint density at radius 1 is 1.03 bits per heavy atom. The summed E-state index contributed by atoms with van der Waals surface area (Å²) in [6, 6.07) is 22.0. The molecular formula is C24H21N3O4. The maximum Gasteiger partial charge on any atom is 0.274 e. The van der Waals surface area contributed by atoms with Gasteiger partial charge in [-0.2, -0.15) is 0 Å². The normalized spacial score (nSPS) is 10.8. The number of carbonyl (C=O) groups excluding carboxylic acids is 2. The number of fused-ring (bicyclic) bond motifs is 1. The molecule has 0 unspecified atom stereocenters. The van der Waals surface area contributed by atoms with Crippen molar-refractivity contribution in [2.24, 2.45) is 5.73 Å². The Kier molecular flexibility index (Phi) is 5.43. The van der Waals surface area contributed by atoms with Crippen molar-refractivity contribution in [2.75, 3.05) is 7.11 Å². The maximum absolute atomic E-state index is 12.5. The van der Waals surface area contributed by atoms with Crippen molar-refractivity contribution in [1.82, 2.24) is 10.0 Å². The molecule has 7 heteroatoms. The standard InChI is InChI=1S/C24H21N3O4/c1-31-18-6-4-5-17(13-18)22-21(23(25)28)19-7-2-3-8-20(19)27(22)14-15-9-11-16(12-10-15)24(29)26-30/h2-13,30H,14H2,1H3,(H2,25,28)(H,26,29). The number of primary amides is 1. The number of methoxy groups -OCH3 is 1. The SMILES string of the molecule is COc1cccc(-c2c(C(N)=O)c3ccccc3n2Cc2ccc(C(=O)NO)cc2)c1. The van der Waals surface area contributed by atoms with Gasteiger partial charge in [-0.3, -0.25) is 14.8 Å². The van der Waals surface area contributed by atoms with Crippen LogP contribution in [0.1, 0.15) is 26.3 Å². The fraction of sp³-hybridized carbons (Fsp3) is 0.0833. The highest BCUT2D eigenvalue weighted by molar-refractivity contribution is 6.12. The molecule has 7 nitrogen and oxygen atoms in total. The van der Waals surface area contributed by atoms with E-state index in [9.17, 15) is 9.59 Å². The summed E-state index contributed by atoms with van der Waals surface area (Å²) >= 11 is 0. The number of nitrogens with one attached hydrogen (secondary N) is 1. The van der Waals surface area contributed by atoms with Crippen LogP contribution >= 0.6 is 0 Å². The second-order valence-electron chi connectivity index (χ2n) is 7.06. The monoisotopic (exact) mass is 415 g/mol. The number of para-hydroxylation sites is 1. The van der Waals surface area contributed by atoms with Crippen LogP contribution in [0.15, 0.2) is 72.8 Å². The van der Waals surface area contributed by atoms with E-state index in [-0.39, 0.29) is 0 Å². The molecule has 3 aromatic carbocycles. The molecule has 0 saturated heterocycles. The summed E-state index contributed by atoms with van der Waals surface area (Å²) in [5, 5.41) is 9.58. The van der Waals surface area contributed by atoms with Gasteiger partial charge in [0.2, 0.25) is 0 Å². The molecule has 0 atom stereocenters. The van der Waals surface area contributed by atoms with Gasteiger partial charge in [-0.05, 0) is 35.9 Å². The lowest BCUT2D eigenvalue weighted by molar-refractivity contribution is 0.0706. The zero-order chi connectivity index (χ0) is 22.0. The van der Waals surface area contributed by atoms with Gasteiger partial charge in [-0.15, -0.1) is 0 Å². The fourth-order valence-corrected chi connectivity index (χ4v) is 3.80. The van der Waals surface area contributed by atoms with E-state index in [2.05, 4.69) is 0 Å². The van der Waals surface area contributed by atoms with Crippen LogP contribution < -0.4 is 16.0 Å². The number of hydrogen-bond acceptors (Lipinski definition) is 4. The number of carbonyl (C=O) groups is 2. The molecule has 4 aromatic rings. The molecule has 0 aliphatic heterocycles. The lowest BCUT2D eigenvalue weighted by Crippen LogP contribution is -2.18. The van der Waals surface area contributed by atoms with Crippen LogP contribution in [-0.2, 0) is 6.54 Å². The van der Waals surface area contributed by atoms with E-state index >= 15 is 0 Å². The van der Waals surface area contributed by atoms with Gasteiger partial charge in [-0.1, -0.05) is 42.5 Å². The molecule has 0 aliphatic rings. The molecule has 31 heavy (non-hydrogen) atoms. The Bertz CT molecular complexity index is 1280. The van der Waals surface area contributed by atoms with E-state index in [1.165, 1.54) is 0 Å². The summed E-state index contributed by atoms with van der Waals surface area (Å²) in [4.78, 5) is 24.1. The highest BCUT2D eigenvalue weighted by Crippen LogP contribution is 2.35. The van der Waals surface area contributed by atoms with Crippen molar-refractivity contribution in [1.29, 1.82) is 0 Å². The topological polar surface area (TPSA) is 107 Å². The van der Waals surface area contributed by atoms with Gasteiger partial charge < -0.3 is 15.0 Å². The number of rotatable bonds is 6. The summed E-state index contributed by atoms with van der Waals surface area (Å²) < 4.78 is 7.40. The van der Waals surface area contributed by atoms with Crippen molar-refractivity contribution in [2.45, 2.75) is 6.54 Å². The molecule has 4 N–H and O–H groups in total. The Morgan fingerprint density at radius 3 is 2.45 bits per heavy atom. The van der Waals surface area contributed by atoms with Crippen LogP contribution in [0.3, 0.4) is 0 Å². The average molecular weight is 415 g/mol. The molecule has 0 bridgehead atoms. The van der Waals surface area contributed by atoms with Crippen molar-refractivity contribution < 1.29 is 19.5 Å². The molecule has 0 fully saturated rings. The van der Waals surface area contributed by atoms with Gasteiger partial charge in [0.25, 0.3) is 11.8 Å². The molecule has 156 valence electrons. The number of aromatic nitrogens is 1. The predicted molar refractivity (Wildman–Crippen MR) is 117 cm³/mol. The second-order valence-corrected chi connectivity index (χ2v) is 7.06. The van der Waals surface area contributed by atoms with Crippen LogP contribution in [0.25, 0.3) is 22.2 Å². The minimum Gasteiger partial charge on any atom is -0.497 e. The number of hydroxylamine groups is 1. The molecule has 0 aliphatic carbocycles. The number of benzene rings is 3.